The Kier molecular flexibility index (Phi) is 6.52. The molecule has 20 heavy (non-hydrogen) atoms. The smallest absolute Gasteiger partial charge is 0.347 e. The summed E-state index contributed by atoms with van der Waals surface area (Å²) >= 11 is 0. The van der Waals surface area contributed by atoms with Crippen molar-refractivity contribution in [3.63, 3.8) is 0 Å². The Morgan fingerprint density at radius 2 is 1.85 bits per heavy atom. The van der Waals surface area contributed by atoms with E-state index in [1.54, 1.807) is 6.92 Å². The fourth-order valence-corrected chi connectivity index (χ4v) is 2.21. The molecule has 1 rings (SSSR count). The SMILES string of the molecule is CCOC(=O)C(CC)Oc1c(C)cc(CNC)cc1C. The van der Waals surface area contributed by atoms with E-state index in [-0.39, 0.29) is 5.97 Å². The number of rotatable bonds is 7. The first kappa shape index (κ1) is 16.5. The third-order valence-corrected chi connectivity index (χ3v) is 3.08. The minimum Gasteiger partial charge on any atom is -0.478 e. The highest BCUT2D eigenvalue weighted by Gasteiger charge is 2.21. The van der Waals surface area contributed by atoms with Crippen LogP contribution in [0, 0.1) is 13.8 Å². The van der Waals surface area contributed by atoms with Gasteiger partial charge in [-0.25, -0.2) is 4.79 Å². The van der Waals surface area contributed by atoms with Crippen molar-refractivity contribution >= 4 is 5.97 Å². The van der Waals surface area contributed by atoms with Crippen LogP contribution in [0.1, 0.15) is 37.0 Å². The third kappa shape index (κ3) is 4.23. The summed E-state index contributed by atoms with van der Waals surface area (Å²) < 4.78 is 10.9. The van der Waals surface area contributed by atoms with Crippen LogP contribution in [0.5, 0.6) is 5.75 Å². The maximum atomic E-state index is 11.8. The number of benzene rings is 1. The highest BCUT2D eigenvalue weighted by Crippen LogP contribution is 2.26. The molecule has 1 N–H and O–H groups in total. The molecule has 1 unspecified atom stereocenters. The second kappa shape index (κ2) is 7.90. The summed E-state index contributed by atoms with van der Waals surface area (Å²) in [6.07, 6.45) is 0.0539. The van der Waals surface area contributed by atoms with Crippen LogP contribution in [0.3, 0.4) is 0 Å². The first-order valence-electron chi connectivity index (χ1n) is 7.11. The number of hydrogen-bond acceptors (Lipinski definition) is 4. The van der Waals surface area contributed by atoms with Gasteiger partial charge >= 0.3 is 5.97 Å². The second-order valence-electron chi connectivity index (χ2n) is 4.86. The van der Waals surface area contributed by atoms with Crippen molar-refractivity contribution in [1.29, 1.82) is 0 Å². The average Bonchev–Trinajstić information content (AvgIpc) is 2.38. The van der Waals surface area contributed by atoms with Gasteiger partial charge in [0.1, 0.15) is 5.75 Å². The molecule has 0 saturated carbocycles. The van der Waals surface area contributed by atoms with Gasteiger partial charge in [0.15, 0.2) is 6.10 Å². The van der Waals surface area contributed by atoms with Crippen molar-refractivity contribution in [3.05, 3.63) is 28.8 Å². The molecule has 0 heterocycles. The van der Waals surface area contributed by atoms with E-state index in [2.05, 4.69) is 17.4 Å². The Hall–Kier alpha value is -1.55. The van der Waals surface area contributed by atoms with Crippen LogP contribution in [0.15, 0.2) is 12.1 Å². The summed E-state index contributed by atoms with van der Waals surface area (Å²) in [7, 11) is 1.92. The molecule has 0 radical (unpaired) electrons. The maximum absolute atomic E-state index is 11.8. The van der Waals surface area contributed by atoms with Gasteiger partial charge in [0.05, 0.1) is 6.61 Å². The monoisotopic (exact) mass is 279 g/mol. The summed E-state index contributed by atoms with van der Waals surface area (Å²) in [5.74, 6) is 0.484. The number of ether oxygens (including phenoxy) is 2. The molecule has 1 aromatic rings. The second-order valence-corrected chi connectivity index (χ2v) is 4.86. The number of carbonyl (C=O) groups is 1. The fourth-order valence-electron chi connectivity index (χ4n) is 2.21. The lowest BCUT2D eigenvalue weighted by Gasteiger charge is -2.20. The summed E-state index contributed by atoms with van der Waals surface area (Å²) in [5, 5.41) is 3.13. The van der Waals surface area contributed by atoms with Crippen LogP contribution in [0.4, 0.5) is 0 Å². The van der Waals surface area contributed by atoms with Crippen LogP contribution < -0.4 is 10.1 Å². The highest BCUT2D eigenvalue weighted by atomic mass is 16.6. The molecule has 0 saturated heterocycles. The van der Waals surface area contributed by atoms with Crippen molar-refractivity contribution in [2.24, 2.45) is 0 Å². The average molecular weight is 279 g/mol. The molecule has 0 spiro atoms. The summed E-state index contributed by atoms with van der Waals surface area (Å²) in [6, 6.07) is 4.16. The van der Waals surface area contributed by atoms with Crippen LogP contribution in [-0.4, -0.2) is 25.7 Å². The molecule has 1 atom stereocenters. The van der Waals surface area contributed by atoms with Gasteiger partial charge in [0.2, 0.25) is 0 Å². The number of hydrogen-bond donors (Lipinski definition) is 1. The number of esters is 1. The van der Waals surface area contributed by atoms with Crippen molar-refractivity contribution in [3.8, 4) is 5.75 Å². The molecule has 0 fully saturated rings. The van der Waals surface area contributed by atoms with E-state index >= 15 is 0 Å². The van der Waals surface area contributed by atoms with Gasteiger partial charge in [-0.2, -0.15) is 0 Å². The quantitative estimate of drug-likeness (QED) is 0.780. The summed E-state index contributed by atoms with van der Waals surface area (Å²) in [4.78, 5) is 11.8. The van der Waals surface area contributed by atoms with E-state index in [1.807, 2.05) is 27.8 Å². The Bertz CT molecular complexity index is 434. The molecule has 4 nitrogen and oxygen atoms in total. The molecular weight excluding hydrogens is 254 g/mol. The minimum absolute atomic E-state index is 0.298. The molecule has 0 aromatic heterocycles. The van der Waals surface area contributed by atoms with E-state index < -0.39 is 6.10 Å². The lowest BCUT2D eigenvalue weighted by atomic mass is 10.1. The Balaban J connectivity index is 2.93. The summed E-state index contributed by atoms with van der Waals surface area (Å²) in [6.45, 7) is 8.91. The number of carbonyl (C=O) groups excluding carboxylic acids is 1. The molecular formula is C16H25NO3. The van der Waals surface area contributed by atoms with Gasteiger partial charge in [-0.1, -0.05) is 19.1 Å². The first-order valence-corrected chi connectivity index (χ1v) is 7.11. The standard InChI is InChI=1S/C16H25NO3/c1-6-14(16(18)19-7-2)20-15-11(3)8-13(10-17-5)9-12(15)4/h8-9,14,17H,6-7,10H2,1-5H3. The predicted molar refractivity (Wildman–Crippen MR) is 80.0 cm³/mol. The van der Waals surface area contributed by atoms with Gasteiger partial charge in [-0.15, -0.1) is 0 Å². The van der Waals surface area contributed by atoms with Gasteiger partial charge < -0.3 is 14.8 Å². The van der Waals surface area contributed by atoms with Gasteiger partial charge in [0.25, 0.3) is 0 Å². The molecule has 0 aliphatic heterocycles. The first-order chi connectivity index (χ1) is 9.53. The van der Waals surface area contributed by atoms with Gasteiger partial charge in [-0.05, 0) is 50.9 Å². The molecule has 0 bridgehead atoms. The van der Waals surface area contributed by atoms with E-state index in [0.717, 1.165) is 23.4 Å². The van der Waals surface area contributed by atoms with E-state index in [0.29, 0.717) is 13.0 Å². The largest absolute Gasteiger partial charge is 0.478 e. The van der Waals surface area contributed by atoms with Crippen molar-refractivity contribution < 1.29 is 14.3 Å². The lowest BCUT2D eigenvalue weighted by molar-refractivity contribution is -0.151. The Morgan fingerprint density at radius 3 is 2.30 bits per heavy atom. The fraction of sp³-hybridized carbons (Fsp3) is 0.562. The van der Waals surface area contributed by atoms with Crippen LogP contribution in [0.25, 0.3) is 0 Å². The molecule has 0 amide bonds. The minimum atomic E-state index is -0.539. The van der Waals surface area contributed by atoms with E-state index in [9.17, 15) is 4.79 Å². The molecule has 0 aliphatic rings. The zero-order valence-electron chi connectivity index (χ0n) is 13.1. The number of aryl methyl sites for hydroxylation is 2. The lowest BCUT2D eigenvalue weighted by Crippen LogP contribution is -2.29. The Labute approximate surface area is 121 Å². The van der Waals surface area contributed by atoms with E-state index in [4.69, 9.17) is 9.47 Å². The van der Waals surface area contributed by atoms with Crippen LogP contribution >= 0.6 is 0 Å². The van der Waals surface area contributed by atoms with Crippen LogP contribution in [-0.2, 0) is 16.1 Å². The van der Waals surface area contributed by atoms with Gasteiger partial charge in [-0.3, -0.25) is 0 Å². The third-order valence-electron chi connectivity index (χ3n) is 3.08. The van der Waals surface area contributed by atoms with E-state index in [1.165, 1.54) is 5.56 Å². The van der Waals surface area contributed by atoms with Gasteiger partial charge in [0, 0.05) is 6.54 Å². The van der Waals surface area contributed by atoms with Crippen molar-refractivity contribution in [2.45, 2.75) is 46.8 Å². The zero-order valence-corrected chi connectivity index (χ0v) is 13.1. The van der Waals surface area contributed by atoms with Crippen molar-refractivity contribution in [2.75, 3.05) is 13.7 Å². The maximum Gasteiger partial charge on any atom is 0.347 e. The normalized spacial score (nSPS) is 12.1. The number of nitrogens with one attached hydrogen (secondary N) is 1. The molecule has 0 aliphatic carbocycles. The van der Waals surface area contributed by atoms with Crippen molar-refractivity contribution in [1.82, 2.24) is 5.32 Å². The molecule has 4 heteroatoms. The summed E-state index contributed by atoms with van der Waals surface area (Å²) in [5.41, 5.74) is 3.29. The molecule has 1 aromatic carbocycles. The predicted octanol–water partition coefficient (Wildman–Crippen LogP) is 2.74. The van der Waals surface area contributed by atoms with Crippen LogP contribution in [0.2, 0.25) is 0 Å². The highest BCUT2D eigenvalue weighted by molar-refractivity contribution is 5.75. The zero-order chi connectivity index (χ0) is 15.1. The Morgan fingerprint density at radius 1 is 1.25 bits per heavy atom. The topological polar surface area (TPSA) is 47.6 Å². The molecule has 112 valence electrons.